The maximum atomic E-state index is 12.4. The van der Waals surface area contributed by atoms with Crippen LogP contribution in [0.2, 0.25) is 10.0 Å². The zero-order chi connectivity index (χ0) is 14.8. The lowest BCUT2D eigenvalue weighted by molar-refractivity contribution is -0.137. The summed E-state index contributed by atoms with van der Waals surface area (Å²) in [6.07, 6.45) is -3.77. The second kappa shape index (κ2) is 5.76. The Hall–Kier alpha value is -1.66. The molecule has 2 aromatic rings. The molecule has 0 aliphatic carbocycles. The van der Waals surface area contributed by atoms with Crippen LogP contribution in [0.25, 0.3) is 0 Å². The van der Waals surface area contributed by atoms with Gasteiger partial charge in [0.05, 0.1) is 16.3 Å². The topological polar surface area (TPSA) is 37.0 Å². The number of anilines is 2. The Morgan fingerprint density at radius 1 is 1.05 bits per heavy atom. The summed E-state index contributed by atoms with van der Waals surface area (Å²) in [4.78, 5) is 3.62. The van der Waals surface area contributed by atoms with E-state index in [9.17, 15) is 13.2 Å². The van der Waals surface area contributed by atoms with Crippen molar-refractivity contribution < 1.29 is 13.2 Å². The first kappa shape index (κ1) is 14.7. The smallest absolute Gasteiger partial charge is 0.300 e. The molecular formula is C12H8Cl2F3N3. The zero-order valence-corrected chi connectivity index (χ0v) is 11.3. The van der Waals surface area contributed by atoms with Gasteiger partial charge in [0, 0.05) is 11.2 Å². The van der Waals surface area contributed by atoms with Gasteiger partial charge in [-0.25, -0.2) is 4.98 Å². The molecule has 2 N–H and O–H groups in total. The van der Waals surface area contributed by atoms with Crippen molar-refractivity contribution in [2.75, 3.05) is 10.9 Å². The molecule has 0 saturated carbocycles. The normalized spacial score (nSPS) is 11.2. The molecule has 0 aliphatic rings. The maximum Gasteiger partial charge on any atom is 0.417 e. The Morgan fingerprint density at radius 3 is 2.40 bits per heavy atom. The number of pyridine rings is 1. The minimum atomic E-state index is -4.48. The first-order valence-corrected chi connectivity index (χ1v) is 6.12. The van der Waals surface area contributed by atoms with Gasteiger partial charge in [0.15, 0.2) is 5.82 Å². The van der Waals surface area contributed by atoms with Gasteiger partial charge in [0.2, 0.25) is 0 Å². The summed E-state index contributed by atoms with van der Waals surface area (Å²) in [6.45, 7) is 0. The Labute approximate surface area is 122 Å². The Balaban J connectivity index is 2.11. The van der Waals surface area contributed by atoms with Gasteiger partial charge in [-0.15, -0.1) is 0 Å². The van der Waals surface area contributed by atoms with E-state index in [2.05, 4.69) is 15.8 Å². The third-order valence-corrected chi connectivity index (χ3v) is 2.84. The zero-order valence-electron chi connectivity index (χ0n) is 9.80. The quantitative estimate of drug-likeness (QED) is 0.794. The molecule has 1 aromatic carbocycles. The number of hydrogen-bond donors (Lipinski definition) is 2. The van der Waals surface area contributed by atoms with E-state index >= 15 is 0 Å². The molecule has 1 heterocycles. The lowest BCUT2D eigenvalue weighted by Gasteiger charge is -2.12. The Kier molecular flexibility index (Phi) is 4.25. The van der Waals surface area contributed by atoms with Crippen molar-refractivity contribution in [3.63, 3.8) is 0 Å². The molecule has 106 valence electrons. The molecule has 0 amide bonds. The lowest BCUT2D eigenvalue weighted by atomic mass is 10.3. The van der Waals surface area contributed by atoms with Crippen LogP contribution in [0, 0.1) is 0 Å². The fourth-order valence-corrected chi connectivity index (χ4v) is 1.79. The SMILES string of the molecule is FC(F)(F)c1cnc(NNc2cccc(Cl)c2)c(Cl)c1. The number of halogens is 5. The second-order valence-electron chi connectivity index (χ2n) is 3.81. The van der Waals surface area contributed by atoms with Gasteiger partial charge < -0.3 is 0 Å². The molecule has 3 nitrogen and oxygen atoms in total. The van der Waals surface area contributed by atoms with E-state index in [0.29, 0.717) is 16.9 Å². The fourth-order valence-electron chi connectivity index (χ4n) is 1.38. The molecular weight excluding hydrogens is 314 g/mol. The van der Waals surface area contributed by atoms with Crippen molar-refractivity contribution >= 4 is 34.7 Å². The molecule has 2 rings (SSSR count). The maximum absolute atomic E-state index is 12.4. The van der Waals surface area contributed by atoms with Gasteiger partial charge in [-0.05, 0) is 24.3 Å². The summed E-state index contributed by atoms with van der Waals surface area (Å²) in [7, 11) is 0. The van der Waals surface area contributed by atoms with E-state index in [1.807, 2.05) is 0 Å². The van der Waals surface area contributed by atoms with E-state index in [4.69, 9.17) is 23.2 Å². The standard InChI is InChI=1S/C12H8Cl2F3N3/c13-8-2-1-3-9(5-8)19-20-11-10(14)4-7(6-18-11)12(15,16)17/h1-6,19H,(H,18,20). The first-order chi connectivity index (χ1) is 9.36. The molecule has 0 fully saturated rings. The highest BCUT2D eigenvalue weighted by atomic mass is 35.5. The number of benzene rings is 1. The average molecular weight is 322 g/mol. The molecule has 0 saturated heterocycles. The number of alkyl halides is 3. The predicted molar refractivity (Wildman–Crippen MR) is 72.9 cm³/mol. The molecule has 0 atom stereocenters. The van der Waals surface area contributed by atoms with Gasteiger partial charge in [0.1, 0.15) is 0 Å². The van der Waals surface area contributed by atoms with Crippen LogP contribution in [0.1, 0.15) is 5.56 Å². The van der Waals surface area contributed by atoms with Crippen molar-refractivity contribution in [2.24, 2.45) is 0 Å². The Morgan fingerprint density at radius 2 is 1.80 bits per heavy atom. The van der Waals surface area contributed by atoms with Crippen LogP contribution in [-0.2, 0) is 6.18 Å². The number of hydrazine groups is 1. The van der Waals surface area contributed by atoms with Crippen molar-refractivity contribution in [2.45, 2.75) is 6.18 Å². The second-order valence-corrected chi connectivity index (χ2v) is 4.66. The molecule has 0 radical (unpaired) electrons. The van der Waals surface area contributed by atoms with Crippen LogP contribution in [0.15, 0.2) is 36.5 Å². The van der Waals surface area contributed by atoms with Gasteiger partial charge in [-0.2, -0.15) is 13.2 Å². The summed E-state index contributed by atoms with van der Waals surface area (Å²) in [5, 5.41) is 0.373. The van der Waals surface area contributed by atoms with Gasteiger partial charge >= 0.3 is 6.18 Å². The van der Waals surface area contributed by atoms with Crippen LogP contribution in [0.3, 0.4) is 0 Å². The van der Waals surface area contributed by atoms with E-state index in [1.54, 1.807) is 24.3 Å². The van der Waals surface area contributed by atoms with Gasteiger partial charge in [-0.3, -0.25) is 10.9 Å². The van der Waals surface area contributed by atoms with E-state index in [1.165, 1.54) is 0 Å². The van der Waals surface area contributed by atoms with E-state index in [-0.39, 0.29) is 10.8 Å². The molecule has 1 aromatic heterocycles. The molecule has 0 bridgehead atoms. The minimum Gasteiger partial charge on any atom is -0.300 e. The largest absolute Gasteiger partial charge is 0.417 e. The monoisotopic (exact) mass is 321 g/mol. The highest BCUT2D eigenvalue weighted by Gasteiger charge is 2.31. The first-order valence-electron chi connectivity index (χ1n) is 5.36. The Bertz CT molecular complexity index is 617. The molecule has 8 heteroatoms. The number of hydrogen-bond acceptors (Lipinski definition) is 3. The summed E-state index contributed by atoms with van der Waals surface area (Å²) >= 11 is 11.5. The summed E-state index contributed by atoms with van der Waals surface area (Å²) in [5.74, 6) is 0.0830. The predicted octanol–water partition coefficient (Wildman–Crippen LogP) is 4.85. The lowest BCUT2D eigenvalue weighted by Crippen LogP contribution is -2.12. The van der Waals surface area contributed by atoms with Crippen LogP contribution in [0.5, 0.6) is 0 Å². The van der Waals surface area contributed by atoms with Crippen LogP contribution in [0.4, 0.5) is 24.7 Å². The average Bonchev–Trinajstić information content (AvgIpc) is 2.36. The summed E-state index contributed by atoms with van der Waals surface area (Å²) in [5.41, 5.74) is 5.07. The summed E-state index contributed by atoms with van der Waals surface area (Å²) < 4.78 is 37.3. The van der Waals surface area contributed by atoms with Crippen molar-refractivity contribution in [3.8, 4) is 0 Å². The van der Waals surface area contributed by atoms with Crippen molar-refractivity contribution in [1.82, 2.24) is 4.98 Å². The molecule has 0 aliphatic heterocycles. The van der Waals surface area contributed by atoms with Gasteiger partial charge in [0.25, 0.3) is 0 Å². The minimum absolute atomic E-state index is 0.0830. The fraction of sp³-hybridized carbons (Fsp3) is 0.0833. The van der Waals surface area contributed by atoms with Crippen LogP contribution >= 0.6 is 23.2 Å². The molecule has 20 heavy (non-hydrogen) atoms. The number of nitrogens with one attached hydrogen (secondary N) is 2. The highest BCUT2D eigenvalue weighted by molar-refractivity contribution is 6.33. The van der Waals surface area contributed by atoms with Gasteiger partial charge in [-0.1, -0.05) is 29.3 Å². The van der Waals surface area contributed by atoms with E-state index < -0.39 is 11.7 Å². The highest BCUT2D eigenvalue weighted by Crippen LogP contribution is 2.32. The summed E-state index contributed by atoms with van der Waals surface area (Å²) in [6, 6.07) is 7.56. The number of rotatable bonds is 3. The van der Waals surface area contributed by atoms with Crippen LogP contribution < -0.4 is 10.9 Å². The van der Waals surface area contributed by atoms with Crippen LogP contribution in [-0.4, -0.2) is 4.98 Å². The van der Waals surface area contributed by atoms with E-state index in [0.717, 1.165) is 6.07 Å². The van der Waals surface area contributed by atoms with Crippen molar-refractivity contribution in [1.29, 1.82) is 0 Å². The third-order valence-electron chi connectivity index (χ3n) is 2.32. The van der Waals surface area contributed by atoms with Crippen molar-refractivity contribution in [3.05, 3.63) is 52.1 Å². The third kappa shape index (κ3) is 3.68. The molecule has 0 unspecified atom stereocenters. The number of aromatic nitrogens is 1. The molecule has 0 spiro atoms. The number of nitrogens with zero attached hydrogens (tertiary/aromatic N) is 1.